The Hall–Kier alpha value is -1.84. The van der Waals surface area contributed by atoms with Crippen molar-refractivity contribution in [2.45, 2.75) is 26.2 Å². The zero-order valence-electron chi connectivity index (χ0n) is 11.2. The molecule has 2 aliphatic rings. The Kier molecular flexibility index (Phi) is 3.01. The van der Waals surface area contributed by atoms with Gasteiger partial charge in [0.2, 0.25) is 5.91 Å². The van der Waals surface area contributed by atoms with Gasteiger partial charge in [0.25, 0.3) is 5.91 Å². The molecule has 0 N–H and O–H groups in total. The Morgan fingerprint density at radius 1 is 1.26 bits per heavy atom. The number of rotatable bonds is 2. The summed E-state index contributed by atoms with van der Waals surface area (Å²) in [6.45, 7) is 4.37. The van der Waals surface area contributed by atoms with E-state index in [2.05, 4.69) is 0 Å². The number of carbonyl (C=O) groups excluding carboxylic acids is 2. The third-order valence-electron chi connectivity index (χ3n) is 3.97. The van der Waals surface area contributed by atoms with E-state index < -0.39 is 0 Å². The average molecular weight is 258 g/mol. The van der Waals surface area contributed by atoms with E-state index in [1.807, 2.05) is 30.0 Å². The minimum absolute atomic E-state index is 0.0997. The van der Waals surface area contributed by atoms with Crippen LogP contribution in [0.1, 0.15) is 35.7 Å². The SMILES string of the molecule is CCN1C(=O)Cc2cc(C(=O)N3CCCC3)ccc21. The van der Waals surface area contributed by atoms with E-state index >= 15 is 0 Å². The van der Waals surface area contributed by atoms with Crippen LogP contribution in [0.15, 0.2) is 18.2 Å². The topological polar surface area (TPSA) is 40.6 Å². The molecule has 2 aliphatic heterocycles. The fraction of sp³-hybridized carbons (Fsp3) is 0.467. The summed E-state index contributed by atoms with van der Waals surface area (Å²) in [5.74, 6) is 0.228. The average Bonchev–Trinajstić information content (AvgIpc) is 3.03. The molecule has 0 spiro atoms. The second-order valence-corrected chi connectivity index (χ2v) is 5.16. The number of hydrogen-bond donors (Lipinski definition) is 0. The Bertz CT molecular complexity index is 533. The van der Waals surface area contributed by atoms with E-state index in [1.165, 1.54) is 0 Å². The summed E-state index contributed by atoms with van der Waals surface area (Å²) < 4.78 is 0. The van der Waals surface area contributed by atoms with Crippen LogP contribution < -0.4 is 4.90 Å². The van der Waals surface area contributed by atoms with Crippen molar-refractivity contribution in [3.05, 3.63) is 29.3 Å². The van der Waals surface area contributed by atoms with Gasteiger partial charge in [-0.05, 0) is 43.5 Å². The van der Waals surface area contributed by atoms with Crippen molar-refractivity contribution >= 4 is 17.5 Å². The van der Waals surface area contributed by atoms with E-state index in [9.17, 15) is 9.59 Å². The summed E-state index contributed by atoms with van der Waals surface area (Å²) in [4.78, 5) is 27.8. The van der Waals surface area contributed by atoms with Gasteiger partial charge >= 0.3 is 0 Å². The second kappa shape index (κ2) is 4.68. The number of benzene rings is 1. The van der Waals surface area contributed by atoms with Crippen molar-refractivity contribution in [2.24, 2.45) is 0 Å². The van der Waals surface area contributed by atoms with Gasteiger partial charge in [-0.25, -0.2) is 0 Å². The summed E-state index contributed by atoms with van der Waals surface area (Å²) in [6.07, 6.45) is 2.61. The van der Waals surface area contributed by atoms with Crippen molar-refractivity contribution < 1.29 is 9.59 Å². The lowest BCUT2D eigenvalue weighted by molar-refractivity contribution is -0.117. The maximum Gasteiger partial charge on any atom is 0.253 e. The van der Waals surface area contributed by atoms with Crippen molar-refractivity contribution in [1.82, 2.24) is 4.90 Å². The van der Waals surface area contributed by atoms with Gasteiger partial charge in [-0.3, -0.25) is 9.59 Å². The van der Waals surface area contributed by atoms with Crippen LogP contribution in [0.3, 0.4) is 0 Å². The molecule has 0 aliphatic carbocycles. The molecule has 0 radical (unpaired) electrons. The van der Waals surface area contributed by atoms with Crippen molar-refractivity contribution in [1.29, 1.82) is 0 Å². The van der Waals surface area contributed by atoms with Crippen LogP contribution in [0.4, 0.5) is 5.69 Å². The first-order valence-corrected chi connectivity index (χ1v) is 6.93. The number of amides is 2. The third kappa shape index (κ3) is 2.01. The van der Waals surface area contributed by atoms with E-state index in [0.717, 1.165) is 37.2 Å². The molecule has 100 valence electrons. The molecule has 0 atom stereocenters. The number of likely N-dealkylation sites (N-methyl/N-ethyl adjacent to an activating group) is 1. The predicted octanol–water partition coefficient (Wildman–Crippen LogP) is 1.83. The molecule has 4 nitrogen and oxygen atoms in total. The van der Waals surface area contributed by atoms with Gasteiger partial charge in [0.15, 0.2) is 0 Å². The van der Waals surface area contributed by atoms with Gasteiger partial charge in [-0.2, -0.15) is 0 Å². The van der Waals surface area contributed by atoms with Crippen LogP contribution in [0.5, 0.6) is 0 Å². The van der Waals surface area contributed by atoms with Crippen molar-refractivity contribution in [3.8, 4) is 0 Å². The first-order valence-electron chi connectivity index (χ1n) is 6.93. The van der Waals surface area contributed by atoms with Gasteiger partial charge in [0.1, 0.15) is 0 Å². The number of hydrogen-bond acceptors (Lipinski definition) is 2. The standard InChI is InChI=1S/C15H18N2O2/c1-2-17-13-6-5-11(9-12(13)10-14(17)18)15(19)16-7-3-4-8-16/h5-6,9H,2-4,7-8,10H2,1H3. The minimum Gasteiger partial charge on any atom is -0.339 e. The molecule has 2 amide bonds. The van der Waals surface area contributed by atoms with Crippen LogP contribution in [0, 0.1) is 0 Å². The van der Waals surface area contributed by atoms with Crippen LogP contribution in [0.2, 0.25) is 0 Å². The van der Waals surface area contributed by atoms with E-state index in [0.29, 0.717) is 18.5 Å². The zero-order chi connectivity index (χ0) is 13.4. The summed E-state index contributed by atoms with van der Waals surface area (Å²) in [7, 11) is 0. The highest BCUT2D eigenvalue weighted by Gasteiger charge is 2.27. The maximum atomic E-state index is 12.3. The van der Waals surface area contributed by atoms with Gasteiger partial charge in [-0.1, -0.05) is 0 Å². The number of fused-ring (bicyclic) bond motifs is 1. The van der Waals surface area contributed by atoms with Gasteiger partial charge in [0.05, 0.1) is 6.42 Å². The fourth-order valence-corrected chi connectivity index (χ4v) is 2.97. The molecular formula is C15H18N2O2. The minimum atomic E-state index is 0.0997. The fourth-order valence-electron chi connectivity index (χ4n) is 2.97. The van der Waals surface area contributed by atoms with E-state index in [1.54, 1.807) is 4.90 Å². The molecule has 1 aromatic rings. The molecule has 0 saturated carbocycles. The van der Waals surface area contributed by atoms with Gasteiger partial charge in [-0.15, -0.1) is 0 Å². The molecule has 2 heterocycles. The molecule has 3 rings (SSSR count). The number of anilines is 1. The second-order valence-electron chi connectivity index (χ2n) is 5.16. The summed E-state index contributed by atoms with van der Waals surface area (Å²) in [5, 5.41) is 0. The highest BCUT2D eigenvalue weighted by Crippen LogP contribution is 2.30. The Labute approximate surface area is 113 Å². The smallest absolute Gasteiger partial charge is 0.253 e. The van der Waals surface area contributed by atoms with E-state index in [4.69, 9.17) is 0 Å². The van der Waals surface area contributed by atoms with Crippen LogP contribution in [-0.4, -0.2) is 36.3 Å². The summed E-state index contributed by atoms with van der Waals surface area (Å²) >= 11 is 0. The highest BCUT2D eigenvalue weighted by atomic mass is 16.2. The molecule has 4 heteroatoms. The number of carbonyl (C=O) groups is 2. The van der Waals surface area contributed by atoms with Crippen molar-refractivity contribution in [3.63, 3.8) is 0 Å². The predicted molar refractivity (Wildman–Crippen MR) is 73.3 cm³/mol. The third-order valence-corrected chi connectivity index (χ3v) is 3.97. The van der Waals surface area contributed by atoms with Crippen molar-refractivity contribution in [2.75, 3.05) is 24.5 Å². The Morgan fingerprint density at radius 3 is 2.68 bits per heavy atom. The van der Waals surface area contributed by atoms with Crippen LogP contribution in [0.25, 0.3) is 0 Å². The van der Waals surface area contributed by atoms with Gasteiger partial charge in [0, 0.05) is 30.9 Å². The lowest BCUT2D eigenvalue weighted by Gasteiger charge is -2.17. The summed E-state index contributed by atoms with van der Waals surface area (Å²) in [6, 6.07) is 5.65. The number of likely N-dealkylation sites (tertiary alicyclic amines) is 1. The molecule has 1 saturated heterocycles. The Balaban J connectivity index is 1.88. The first kappa shape index (κ1) is 12.2. The number of nitrogens with zero attached hydrogens (tertiary/aromatic N) is 2. The molecule has 1 aromatic carbocycles. The Morgan fingerprint density at radius 2 is 2.00 bits per heavy atom. The monoisotopic (exact) mass is 258 g/mol. The lowest BCUT2D eigenvalue weighted by atomic mass is 10.1. The summed E-state index contributed by atoms with van der Waals surface area (Å²) in [5.41, 5.74) is 2.66. The molecule has 1 fully saturated rings. The maximum absolute atomic E-state index is 12.3. The molecule has 0 aromatic heterocycles. The van der Waals surface area contributed by atoms with Crippen LogP contribution >= 0.6 is 0 Å². The molecule has 0 unspecified atom stereocenters. The molecule has 19 heavy (non-hydrogen) atoms. The van der Waals surface area contributed by atoms with Gasteiger partial charge < -0.3 is 9.80 Å². The normalized spacial score (nSPS) is 18.1. The first-order chi connectivity index (χ1) is 9.20. The zero-order valence-corrected chi connectivity index (χ0v) is 11.2. The van der Waals surface area contributed by atoms with E-state index in [-0.39, 0.29) is 11.8 Å². The largest absolute Gasteiger partial charge is 0.339 e. The van der Waals surface area contributed by atoms with Crippen LogP contribution in [-0.2, 0) is 11.2 Å². The molecule has 0 bridgehead atoms. The lowest BCUT2D eigenvalue weighted by Crippen LogP contribution is -2.27. The quantitative estimate of drug-likeness (QED) is 0.812. The molecular weight excluding hydrogens is 240 g/mol. The highest BCUT2D eigenvalue weighted by molar-refractivity contribution is 6.03.